The first kappa shape index (κ1) is 14.2. The number of rotatable bonds is 4. The van der Waals surface area contributed by atoms with Gasteiger partial charge in [-0.15, -0.1) is 0 Å². The SMILES string of the molecule is O=C(CCCC(F)(F)F)c1cc(Br)ccc1F. The number of benzene rings is 1. The summed E-state index contributed by atoms with van der Waals surface area (Å²) in [6, 6.07) is 3.79. The van der Waals surface area contributed by atoms with Crippen LogP contribution in [-0.4, -0.2) is 12.0 Å². The van der Waals surface area contributed by atoms with Gasteiger partial charge in [0.05, 0.1) is 5.56 Å². The Morgan fingerprint density at radius 3 is 2.53 bits per heavy atom. The average Bonchev–Trinajstić information content (AvgIpc) is 2.19. The van der Waals surface area contributed by atoms with E-state index in [9.17, 15) is 22.4 Å². The van der Waals surface area contributed by atoms with Gasteiger partial charge in [-0.25, -0.2) is 4.39 Å². The molecule has 17 heavy (non-hydrogen) atoms. The van der Waals surface area contributed by atoms with Gasteiger partial charge in [0.25, 0.3) is 0 Å². The second kappa shape index (κ2) is 5.62. The zero-order chi connectivity index (χ0) is 13.1. The van der Waals surface area contributed by atoms with Crippen molar-refractivity contribution in [3.8, 4) is 0 Å². The number of alkyl halides is 3. The second-order valence-electron chi connectivity index (χ2n) is 3.52. The van der Waals surface area contributed by atoms with Crippen LogP contribution in [0, 0.1) is 5.82 Å². The van der Waals surface area contributed by atoms with E-state index in [-0.39, 0.29) is 18.4 Å². The van der Waals surface area contributed by atoms with Crippen molar-refractivity contribution >= 4 is 21.7 Å². The summed E-state index contributed by atoms with van der Waals surface area (Å²) in [4.78, 5) is 11.5. The summed E-state index contributed by atoms with van der Waals surface area (Å²) in [6.07, 6.45) is -5.95. The fourth-order valence-corrected chi connectivity index (χ4v) is 1.66. The molecule has 0 unspecified atom stereocenters. The summed E-state index contributed by atoms with van der Waals surface area (Å²) < 4.78 is 49.3. The molecule has 0 bridgehead atoms. The first-order valence-electron chi connectivity index (χ1n) is 4.84. The maximum atomic E-state index is 13.2. The molecular weight excluding hydrogens is 304 g/mol. The van der Waals surface area contributed by atoms with Crippen molar-refractivity contribution in [1.29, 1.82) is 0 Å². The topological polar surface area (TPSA) is 17.1 Å². The fourth-order valence-electron chi connectivity index (χ4n) is 1.30. The van der Waals surface area contributed by atoms with Gasteiger partial charge < -0.3 is 0 Å². The molecule has 0 aliphatic heterocycles. The average molecular weight is 313 g/mol. The standard InChI is InChI=1S/C11H9BrF4O/c12-7-3-4-9(13)8(6-7)10(17)2-1-5-11(14,15)16/h3-4,6H,1-2,5H2. The van der Waals surface area contributed by atoms with E-state index in [2.05, 4.69) is 15.9 Å². The number of hydrogen-bond donors (Lipinski definition) is 0. The van der Waals surface area contributed by atoms with Crippen LogP contribution >= 0.6 is 15.9 Å². The maximum Gasteiger partial charge on any atom is 0.389 e. The Balaban J connectivity index is 2.61. The molecule has 0 heterocycles. The van der Waals surface area contributed by atoms with Gasteiger partial charge in [-0.2, -0.15) is 13.2 Å². The number of hydrogen-bond acceptors (Lipinski definition) is 1. The molecule has 0 aliphatic rings. The molecule has 0 spiro atoms. The molecule has 0 N–H and O–H groups in total. The Labute approximate surface area is 104 Å². The lowest BCUT2D eigenvalue weighted by Crippen LogP contribution is -2.09. The van der Waals surface area contributed by atoms with E-state index in [0.717, 1.165) is 6.07 Å². The van der Waals surface area contributed by atoms with Crippen molar-refractivity contribution in [3.05, 3.63) is 34.1 Å². The molecule has 1 aromatic carbocycles. The lowest BCUT2D eigenvalue weighted by atomic mass is 10.0. The highest BCUT2D eigenvalue weighted by Crippen LogP contribution is 2.24. The molecule has 0 aliphatic carbocycles. The summed E-state index contributed by atoms with van der Waals surface area (Å²) in [5, 5.41) is 0. The van der Waals surface area contributed by atoms with Gasteiger partial charge in [0, 0.05) is 17.3 Å². The molecule has 0 radical (unpaired) electrons. The normalized spacial score (nSPS) is 11.6. The Bertz CT molecular complexity index is 414. The smallest absolute Gasteiger partial charge is 0.294 e. The third-order valence-corrected chi connectivity index (χ3v) is 2.59. The lowest BCUT2D eigenvalue weighted by molar-refractivity contribution is -0.135. The van der Waals surface area contributed by atoms with Crippen LogP contribution in [0.1, 0.15) is 29.6 Å². The molecule has 0 saturated carbocycles. The molecule has 0 saturated heterocycles. The van der Waals surface area contributed by atoms with E-state index < -0.39 is 24.2 Å². The number of Topliss-reactive ketones (excluding diaryl/α,β-unsaturated/α-hetero) is 1. The third-order valence-electron chi connectivity index (χ3n) is 2.09. The van der Waals surface area contributed by atoms with Gasteiger partial charge in [0.2, 0.25) is 0 Å². The number of carbonyl (C=O) groups is 1. The second-order valence-corrected chi connectivity index (χ2v) is 4.43. The first-order valence-corrected chi connectivity index (χ1v) is 5.64. The number of ketones is 1. The molecular formula is C11H9BrF4O. The van der Waals surface area contributed by atoms with Crippen molar-refractivity contribution in [2.45, 2.75) is 25.4 Å². The Kier molecular flexibility index (Phi) is 4.68. The quantitative estimate of drug-likeness (QED) is 0.591. The molecule has 0 aromatic heterocycles. The minimum absolute atomic E-state index is 0.179. The molecule has 1 rings (SSSR count). The monoisotopic (exact) mass is 312 g/mol. The number of carbonyl (C=O) groups excluding carboxylic acids is 1. The highest BCUT2D eigenvalue weighted by atomic mass is 79.9. The predicted octanol–water partition coefficient (Wildman–Crippen LogP) is 4.50. The first-order chi connectivity index (χ1) is 7.79. The summed E-state index contributed by atoms with van der Waals surface area (Å²) in [7, 11) is 0. The van der Waals surface area contributed by atoms with Crippen LogP contribution in [0.2, 0.25) is 0 Å². The van der Waals surface area contributed by atoms with Crippen LogP contribution < -0.4 is 0 Å². The summed E-state index contributed by atoms with van der Waals surface area (Å²) in [5.74, 6) is -1.33. The van der Waals surface area contributed by atoms with Crippen molar-refractivity contribution < 1.29 is 22.4 Å². The van der Waals surface area contributed by atoms with Crippen LogP contribution in [0.4, 0.5) is 17.6 Å². The molecule has 1 aromatic rings. The lowest BCUT2D eigenvalue weighted by Gasteiger charge is -2.06. The van der Waals surface area contributed by atoms with Gasteiger partial charge >= 0.3 is 6.18 Å². The van der Waals surface area contributed by atoms with Crippen molar-refractivity contribution in [1.82, 2.24) is 0 Å². The van der Waals surface area contributed by atoms with Gasteiger partial charge in [-0.3, -0.25) is 4.79 Å². The van der Waals surface area contributed by atoms with E-state index in [0.29, 0.717) is 4.47 Å². The van der Waals surface area contributed by atoms with E-state index >= 15 is 0 Å². The van der Waals surface area contributed by atoms with Gasteiger partial charge in [-0.1, -0.05) is 15.9 Å². The molecule has 1 nitrogen and oxygen atoms in total. The van der Waals surface area contributed by atoms with E-state index in [4.69, 9.17) is 0 Å². The zero-order valence-electron chi connectivity index (χ0n) is 8.65. The van der Waals surface area contributed by atoms with E-state index in [1.165, 1.54) is 12.1 Å². The summed E-state index contributed by atoms with van der Waals surface area (Å²) in [5.41, 5.74) is -0.179. The molecule has 0 atom stereocenters. The zero-order valence-corrected chi connectivity index (χ0v) is 10.2. The fraction of sp³-hybridized carbons (Fsp3) is 0.364. The molecule has 0 fully saturated rings. The minimum Gasteiger partial charge on any atom is -0.294 e. The molecule has 6 heteroatoms. The van der Waals surface area contributed by atoms with Crippen molar-refractivity contribution in [2.24, 2.45) is 0 Å². The van der Waals surface area contributed by atoms with Crippen molar-refractivity contribution in [2.75, 3.05) is 0 Å². The summed E-state index contributed by atoms with van der Waals surface area (Å²) >= 11 is 3.07. The van der Waals surface area contributed by atoms with Crippen LogP contribution in [0.3, 0.4) is 0 Å². The summed E-state index contributed by atoms with van der Waals surface area (Å²) in [6.45, 7) is 0. The largest absolute Gasteiger partial charge is 0.389 e. The Morgan fingerprint density at radius 1 is 1.29 bits per heavy atom. The maximum absolute atomic E-state index is 13.2. The van der Waals surface area contributed by atoms with Crippen molar-refractivity contribution in [3.63, 3.8) is 0 Å². The van der Waals surface area contributed by atoms with Gasteiger partial charge in [0.1, 0.15) is 5.82 Å². The van der Waals surface area contributed by atoms with E-state index in [1.54, 1.807) is 0 Å². The Morgan fingerprint density at radius 2 is 1.94 bits per heavy atom. The highest BCUT2D eigenvalue weighted by Gasteiger charge is 2.26. The van der Waals surface area contributed by atoms with Crippen LogP contribution in [0.5, 0.6) is 0 Å². The minimum atomic E-state index is -4.28. The van der Waals surface area contributed by atoms with E-state index in [1.807, 2.05) is 0 Å². The highest BCUT2D eigenvalue weighted by molar-refractivity contribution is 9.10. The van der Waals surface area contributed by atoms with Gasteiger partial charge in [-0.05, 0) is 24.6 Å². The number of halogens is 5. The predicted molar refractivity (Wildman–Crippen MR) is 58.3 cm³/mol. The van der Waals surface area contributed by atoms with Crippen LogP contribution in [0.25, 0.3) is 0 Å². The van der Waals surface area contributed by atoms with Crippen LogP contribution in [0.15, 0.2) is 22.7 Å². The van der Waals surface area contributed by atoms with Crippen LogP contribution in [-0.2, 0) is 0 Å². The molecule has 0 amide bonds. The Hall–Kier alpha value is -0.910. The van der Waals surface area contributed by atoms with Gasteiger partial charge in [0.15, 0.2) is 5.78 Å². The third kappa shape index (κ3) is 4.85. The molecule has 94 valence electrons.